The normalized spacial score (nSPS) is 31.9. The van der Waals surface area contributed by atoms with Crippen molar-refractivity contribution >= 4 is 0 Å². The molecule has 0 spiro atoms. The van der Waals surface area contributed by atoms with Crippen molar-refractivity contribution in [1.29, 1.82) is 0 Å². The number of nitrogens with two attached hydrogens (primary N) is 1. The molecule has 3 atom stereocenters. The Morgan fingerprint density at radius 2 is 2.06 bits per heavy atom. The average molecular weight is 238 g/mol. The molecule has 2 nitrogen and oxygen atoms in total. The molecule has 2 heteroatoms. The molecule has 0 amide bonds. The van der Waals surface area contributed by atoms with Crippen LogP contribution in [0.5, 0.6) is 0 Å². The van der Waals surface area contributed by atoms with Crippen molar-refractivity contribution < 1.29 is 0 Å². The molecule has 17 heavy (non-hydrogen) atoms. The minimum Gasteiger partial charge on any atom is -0.330 e. The lowest BCUT2D eigenvalue weighted by molar-refractivity contribution is 0.173. The summed E-state index contributed by atoms with van der Waals surface area (Å²) in [6.45, 7) is 9.31. The second kappa shape index (κ2) is 6.19. The Morgan fingerprint density at radius 1 is 1.24 bits per heavy atom. The van der Waals surface area contributed by atoms with E-state index < -0.39 is 0 Å². The van der Waals surface area contributed by atoms with Gasteiger partial charge < -0.3 is 10.6 Å². The molecule has 0 radical (unpaired) electrons. The molecule has 2 fully saturated rings. The van der Waals surface area contributed by atoms with Gasteiger partial charge in [-0.15, -0.1) is 0 Å². The maximum absolute atomic E-state index is 5.65. The van der Waals surface area contributed by atoms with Gasteiger partial charge in [0.2, 0.25) is 0 Å². The zero-order chi connectivity index (χ0) is 12.3. The molecule has 2 saturated carbocycles. The lowest BCUT2D eigenvalue weighted by atomic mass is 9.88. The van der Waals surface area contributed by atoms with Crippen LogP contribution in [0.1, 0.15) is 46.0 Å². The second-order valence-electron chi connectivity index (χ2n) is 6.73. The molecule has 0 aromatic heterocycles. The van der Waals surface area contributed by atoms with Crippen molar-refractivity contribution in [1.82, 2.24) is 4.90 Å². The summed E-state index contributed by atoms with van der Waals surface area (Å²) in [6.07, 6.45) is 7.25. The van der Waals surface area contributed by atoms with Gasteiger partial charge in [-0.1, -0.05) is 20.3 Å². The first-order chi connectivity index (χ1) is 8.19. The predicted molar refractivity (Wildman–Crippen MR) is 73.9 cm³/mol. The van der Waals surface area contributed by atoms with Gasteiger partial charge in [0.1, 0.15) is 0 Å². The molecule has 2 aliphatic rings. The molecule has 2 rings (SSSR count). The van der Waals surface area contributed by atoms with Crippen LogP contribution in [0.4, 0.5) is 0 Å². The van der Waals surface area contributed by atoms with Crippen molar-refractivity contribution in [2.45, 2.75) is 46.0 Å². The monoisotopic (exact) mass is 238 g/mol. The van der Waals surface area contributed by atoms with E-state index in [4.69, 9.17) is 5.73 Å². The summed E-state index contributed by atoms with van der Waals surface area (Å²) in [5.41, 5.74) is 5.65. The maximum atomic E-state index is 5.65. The minimum atomic E-state index is 0.784. The van der Waals surface area contributed by atoms with Crippen LogP contribution >= 0.6 is 0 Å². The van der Waals surface area contributed by atoms with Crippen LogP contribution in [0.15, 0.2) is 0 Å². The van der Waals surface area contributed by atoms with E-state index in [-0.39, 0.29) is 0 Å². The molecule has 2 N–H and O–H groups in total. The van der Waals surface area contributed by atoms with Gasteiger partial charge in [-0.05, 0) is 62.4 Å². The molecule has 0 aromatic rings. The van der Waals surface area contributed by atoms with E-state index in [1.54, 1.807) is 0 Å². The van der Waals surface area contributed by atoms with E-state index in [9.17, 15) is 0 Å². The Balaban J connectivity index is 1.79. The molecular weight excluding hydrogens is 208 g/mol. The minimum absolute atomic E-state index is 0.784. The molecule has 0 saturated heterocycles. The molecule has 0 heterocycles. The number of fused-ring (bicyclic) bond motifs is 2. The Labute approximate surface area is 107 Å². The molecule has 2 aliphatic carbocycles. The van der Waals surface area contributed by atoms with Crippen LogP contribution in [0, 0.1) is 23.7 Å². The standard InChI is InChI=1S/C15H30N2/c1-12(2)10-17(7-3-6-16)11-15-9-13-4-5-14(15)8-13/h12-15H,3-11,16H2,1-2H3. The van der Waals surface area contributed by atoms with Crippen LogP contribution in [0.2, 0.25) is 0 Å². The third-order valence-electron chi connectivity index (χ3n) is 4.68. The van der Waals surface area contributed by atoms with Crippen LogP contribution in [0.3, 0.4) is 0 Å². The van der Waals surface area contributed by atoms with E-state index in [1.165, 1.54) is 45.3 Å². The van der Waals surface area contributed by atoms with Gasteiger partial charge in [0, 0.05) is 13.1 Å². The zero-order valence-electron chi connectivity index (χ0n) is 11.7. The van der Waals surface area contributed by atoms with Crippen LogP contribution in [-0.4, -0.2) is 31.1 Å². The summed E-state index contributed by atoms with van der Waals surface area (Å²) in [4.78, 5) is 2.68. The van der Waals surface area contributed by atoms with Gasteiger partial charge in [-0.25, -0.2) is 0 Å². The van der Waals surface area contributed by atoms with Gasteiger partial charge in [0.15, 0.2) is 0 Å². The Kier molecular flexibility index (Phi) is 4.87. The summed E-state index contributed by atoms with van der Waals surface area (Å²) in [5, 5.41) is 0. The molecule has 0 aromatic carbocycles. The van der Waals surface area contributed by atoms with Crippen molar-refractivity contribution in [2.75, 3.05) is 26.2 Å². The van der Waals surface area contributed by atoms with Gasteiger partial charge in [0.25, 0.3) is 0 Å². The lowest BCUT2D eigenvalue weighted by Gasteiger charge is -2.31. The van der Waals surface area contributed by atoms with Gasteiger partial charge >= 0.3 is 0 Å². The smallest absolute Gasteiger partial charge is 0.00125 e. The predicted octanol–water partition coefficient (Wildman–Crippen LogP) is 2.73. The third-order valence-corrected chi connectivity index (χ3v) is 4.68. The van der Waals surface area contributed by atoms with Gasteiger partial charge in [-0.2, -0.15) is 0 Å². The fourth-order valence-corrected chi connectivity index (χ4v) is 4.02. The van der Waals surface area contributed by atoms with Crippen LogP contribution in [-0.2, 0) is 0 Å². The van der Waals surface area contributed by atoms with Crippen molar-refractivity contribution in [2.24, 2.45) is 29.4 Å². The van der Waals surface area contributed by atoms with E-state index in [0.29, 0.717) is 0 Å². The van der Waals surface area contributed by atoms with Gasteiger partial charge in [-0.3, -0.25) is 0 Å². The van der Waals surface area contributed by atoms with E-state index in [1.807, 2.05) is 0 Å². The largest absolute Gasteiger partial charge is 0.330 e. The maximum Gasteiger partial charge on any atom is 0.00125 e. The zero-order valence-corrected chi connectivity index (χ0v) is 11.7. The first kappa shape index (κ1) is 13.4. The summed E-state index contributed by atoms with van der Waals surface area (Å²) >= 11 is 0. The summed E-state index contributed by atoms with van der Waals surface area (Å²) in [5.74, 6) is 3.93. The number of rotatable bonds is 7. The molecular formula is C15H30N2. The number of hydrogen-bond acceptors (Lipinski definition) is 2. The Bertz CT molecular complexity index is 227. The van der Waals surface area contributed by atoms with Crippen molar-refractivity contribution in [3.8, 4) is 0 Å². The second-order valence-corrected chi connectivity index (χ2v) is 6.73. The first-order valence-electron chi connectivity index (χ1n) is 7.61. The summed E-state index contributed by atoms with van der Waals surface area (Å²) < 4.78 is 0. The van der Waals surface area contributed by atoms with Crippen LogP contribution < -0.4 is 5.73 Å². The van der Waals surface area contributed by atoms with Crippen molar-refractivity contribution in [3.63, 3.8) is 0 Å². The molecule has 100 valence electrons. The molecule has 0 aliphatic heterocycles. The Hall–Kier alpha value is -0.0800. The lowest BCUT2D eigenvalue weighted by Crippen LogP contribution is -2.36. The highest BCUT2D eigenvalue weighted by Crippen LogP contribution is 2.48. The van der Waals surface area contributed by atoms with E-state index >= 15 is 0 Å². The molecule has 3 unspecified atom stereocenters. The number of nitrogens with zero attached hydrogens (tertiary/aromatic N) is 1. The van der Waals surface area contributed by atoms with Crippen LogP contribution in [0.25, 0.3) is 0 Å². The summed E-state index contributed by atoms with van der Waals surface area (Å²) in [6, 6.07) is 0. The highest BCUT2D eigenvalue weighted by Gasteiger charge is 2.39. The fraction of sp³-hybridized carbons (Fsp3) is 1.00. The topological polar surface area (TPSA) is 29.3 Å². The average Bonchev–Trinajstić information content (AvgIpc) is 2.86. The highest BCUT2D eigenvalue weighted by molar-refractivity contribution is 4.91. The Morgan fingerprint density at radius 3 is 2.59 bits per heavy atom. The SMILES string of the molecule is CC(C)CN(CCCN)CC1CC2CCC1C2. The van der Waals surface area contributed by atoms with E-state index in [0.717, 1.165) is 36.6 Å². The molecule has 2 bridgehead atoms. The quantitative estimate of drug-likeness (QED) is 0.739. The van der Waals surface area contributed by atoms with Crippen molar-refractivity contribution in [3.05, 3.63) is 0 Å². The summed E-state index contributed by atoms with van der Waals surface area (Å²) in [7, 11) is 0. The fourth-order valence-electron chi connectivity index (χ4n) is 4.02. The van der Waals surface area contributed by atoms with Gasteiger partial charge in [0.05, 0.1) is 0 Å². The van der Waals surface area contributed by atoms with E-state index in [2.05, 4.69) is 18.7 Å². The first-order valence-corrected chi connectivity index (χ1v) is 7.61. The number of hydrogen-bond donors (Lipinski definition) is 1. The highest BCUT2D eigenvalue weighted by atomic mass is 15.1. The third kappa shape index (κ3) is 3.69.